The lowest BCUT2D eigenvalue weighted by Gasteiger charge is -2.13. The summed E-state index contributed by atoms with van der Waals surface area (Å²) in [5.41, 5.74) is 0. The van der Waals surface area contributed by atoms with Gasteiger partial charge in [0.15, 0.2) is 0 Å². The van der Waals surface area contributed by atoms with Crippen molar-refractivity contribution in [2.75, 3.05) is 38.1 Å². The fraction of sp³-hybridized carbons (Fsp3) is 0.875. The van der Waals surface area contributed by atoms with Crippen molar-refractivity contribution in [1.29, 1.82) is 0 Å². The zero-order valence-corrected chi connectivity index (χ0v) is 11.2. The maximum atomic E-state index is 11.6. The van der Waals surface area contributed by atoms with E-state index in [1.165, 1.54) is 6.66 Å². The number of halogens is 2. The van der Waals surface area contributed by atoms with Crippen molar-refractivity contribution in [1.82, 2.24) is 5.09 Å². The molecule has 0 saturated heterocycles. The Morgan fingerprint density at radius 3 is 2.80 bits per heavy atom. The van der Waals surface area contributed by atoms with Gasteiger partial charge in [0.25, 0.3) is 7.52 Å². The minimum Gasteiger partial charge on any atom is -0.317 e. The van der Waals surface area contributed by atoms with E-state index in [1.807, 2.05) is 0 Å². The molecule has 0 bridgehead atoms. The van der Waals surface area contributed by atoms with Gasteiger partial charge in [0, 0.05) is 37.6 Å². The van der Waals surface area contributed by atoms with Crippen molar-refractivity contribution in [3.05, 3.63) is 0 Å². The quantitative estimate of drug-likeness (QED) is 0.304. The highest BCUT2D eigenvalue weighted by atomic mass is 35.5. The largest absolute Gasteiger partial charge is 0.317 e. The van der Waals surface area contributed by atoms with Crippen molar-refractivity contribution in [3.63, 3.8) is 0 Å². The van der Waals surface area contributed by atoms with E-state index in [4.69, 9.17) is 27.7 Å². The fourth-order valence-electron chi connectivity index (χ4n) is 0.802. The smallest absolute Gasteiger partial charge is 0.266 e. The van der Waals surface area contributed by atoms with Gasteiger partial charge in [-0.2, -0.15) is 0 Å². The lowest BCUT2D eigenvalue weighted by Crippen LogP contribution is -2.14. The molecule has 1 N–H and O–H groups in total. The summed E-state index contributed by atoms with van der Waals surface area (Å²) in [4.78, 5) is 4.00. The molecule has 0 spiro atoms. The Bertz CT molecular complexity index is 227. The lowest BCUT2D eigenvalue weighted by atomic mass is 10.5. The monoisotopic (exact) mass is 274 g/mol. The summed E-state index contributed by atoms with van der Waals surface area (Å²) in [6.07, 6.45) is 2.36. The Labute approximate surface area is 101 Å². The van der Waals surface area contributed by atoms with Crippen molar-refractivity contribution < 1.29 is 9.09 Å². The molecule has 0 fully saturated rings. The van der Waals surface area contributed by atoms with Crippen LogP contribution in [-0.2, 0) is 9.09 Å². The molecule has 0 aliphatic heterocycles. The van der Waals surface area contributed by atoms with Crippen LogP contribution in [0.5, 0.6) is 0 Å². The summed E-state index contributed by atoms with van der Waals surface area (Å²) < 4.78 is 16.8. The van der Waals surface area contributed by atoms with Crippen molar-refractivity contribution in [2.45, 2.75) is 6.42 Å². The van der Waals surface area contributed by atoms with E-state index in [2.05, 4.69) is 10.1 Å². The number of hydrogen-bond acceptors (Lipinski definition) is 3. The summed E-state index contributed by atoms with van der Waals surface area (Å²) in [5, 5.41) is 2.75. The molecule has 4 nitrogen and oxygen atoms in total. The maximum absolute atomic E-state index is 11.6. The summed E-state index contributed by atoms with van der Waals surface area (Å²) in [6.45, 7) is 3.01. The third-order valence-electron chi connectivity index (χ3n) is 1.42. The Hall–Kier alpha value is 0.400. The molecule has 1 unspecified atom stereocenters. The first kappa shape index (κ1) is 15.4. The van der Waals surface area contributed by atoms with Crippen LogP contribution in [0.25, 0.3) is 0 Å². The van der Waals surface area contributed by atoms with Crippen molar-refractivity contribution >= 4 is 36.9 Å². The lowest BCUT2D eigenvalue weighted by molar-refractivity contribution is 0.321. The van der Waals surface area contributed by atoms with E-state index >= 15 is 0 Å². The molecular formula is C8H17Cl2N2O2P. The van der Waals surface area contributed by atoms with E-state index in [1.54, 1.807) is 6.21 Å². The number of nitrogens with one attached hydrogen (secondary N) is 1. The highest BCUT2D eigenvalue weighted by Gasteiger charge is 2.13. The molecule has 90 valence electrons. The number of aliphatic imine (C=N–C) groups is 1. The van der Waals surface area contributed by atoms with Gasteiger partial charge in [0.1, 0.15) is 0 Å². The van der Waals surface area contributed by atoms with Gasteiger partial charge in [-0.15, -0.1) is 23.2 Å². The Morgan fingerprint density at radius 1 is 1.47 bits per heavy atom. The topological polar surface area (TPSA) is 50.7 Å². The first-order chi connectivity index (χ1) is 7.12. The fourth-order valence-corrected chi connectivity index (χ4v) is 2.19. The first-order valence-electron chi connectivity index (χ1n) is 4.70. The molecule has 0 saturated carbocycles. The average Bonchev–Trinajstić information content (AvgIpc) is 2.20. The number of hydrogen-bond donors (Lipinski definition) is 1. The van der Waals surface area contributed by atoms with Gasteiger partial charge in [0.2, 0.25) is 0 Å². The van der Waals surface area contributed by atoms with Crippen LogP contribution in [0.2, 0.25) is 0 Å². The normalized spacial score (nSPS) is 15.7. The average molecular weight is 275 g/mol. The van der Waals surface area contributed by atoms with Gasteiger partial charge < -0.3 is 4.52 Å². The number of rotatable bonds is 9. The predicted molar refractivity (Wildman–Crippen MR) is 66.9 cm³/mol. The Morgan fingerprint density at radius 2 is 2.20 bits per heavy atom. The van der Waals surface area contributed by atoms with E-state index in [0.29, 0.717) is 37.9 Å². The van der Waals surface area contributed by atoms with Crippen LogP contribution in [0.15, 0.2) is 4.99 Å². The van der Waals surface area contributed by atoms with Gasteiger partial charge in [-0.25, -0.2) is 5.09 Å². The van der Waals surface area contributed by atoms with Crippen molar-refractivity contribution in [2.24, 2.45) is 4.99 Å². The molecule has 0 aromatic heterocycles. The maximum Gasteiger partial charge on any atom is 0.266 e. The third kappa shape index (κ3) is 10.7. The van der Waals surface area contributed by atoms with E-state index in [9.17, 15) is 4.57 Å². The SMILES string of the molecule is CP(=O)(NCCCl)OCCC=NCCCl. The molecule has 0 rings (SSSR count). The van der Waals surface area contributed by atoms with Gasteiger partial charge in [-0.05, 0) is 0 Å². The molecule has 0 aliphatic rings. The molecule has 0 heterocycles. The van der Waals surface area contributed by atoms with Crippen LogP contribution in [0.3, 0.4) is 0 Å². The Kier molecular flexibility index (Phi) is 9.87. The summed E-state index contributed by atoms with van der Waals surface area (Å²) >= 11 is 10.9. The molecule has 1 atom stereocenters. The second-order valence-electron chi connectivity index (χ2n) is 2.84. The molecular weight excluding hydrogens is 258 g/mol. The highest BCUT2D eigenvalue weighted by molar-refractivity contribution is 7.56. The van der Waals surface area contributed by atoms with E-state index in [0.717, 1.165) is 0 Å². The molecule has 7 heteroatoms. The zero-order valence-electron chi connectivity index (χ0n) is 8.79. The minimum absolute atomic E-state index is 0.384. The van der Waals surface area contributed by atoms with Crippen LogP contribution >= 0.6 is 30.7 Å². The number of alkyl halides is 2. The molecule has 0 aromatic carbocycles. The second kappa shape index (κ2) is 9.61. The molecule has 0 aromatic rings. The summed E-state index contributed by atoms with van der Waals surface area (Å²) in [7, 11) is -2.69. The molecule has 0 radical (unpaired) electrons. The van der Waals surface area contributed by atoms with Crippen molar-refractivity contribution in [3.8, 4) is 0 Å². The highest BCUT2D eigenvalue weighted by Crippen LogP contribution is 2.36. The van der Waals surface area contributed by atoms with Crippen LogP contribution in [0, 0.1) is 0 Å². The molecule has 15 heavy (non-hydrogen) atoms. The van der Waals surface area contributed by atoms with Gasteiger partial charge in [0.05, 0.1) is 13.2 Å². The Balaban J connectivity index is 3.52. The predicted octanol–water partition coefficient (Wildman–Crippen LogP) is 2.35. The number of nitrogens with zero attached hydrogens (tertiary/aromatic N) is 1. The van der Waals surface area contributed by atoms with Crippen LogP contribution < -0.4 is 5.09 Å². The summed E-state index contributed by atoms with van der Waals surface area (Å²) in [6, 6.07) is 0. The third-order valence-corrected chi connectivity index (χ3v) is 3.25. The second-order valence-corrected chi connectivity index (χ2v) is 5.86. The van der Waals surface area contributed by atoms with Gasteiger partial charge in [-0.1, -0.05) is 0 Å². The summed E-state index contributed by atoms with van der Waals surface area (Å²) in [5.74, 6) is 0.930. The van der Waals surface area contributed by atoms with E-state index < -0.39 is 7.52 Å². The molecule has 0 amide bonds. The van der Waals surface area contributed by atoms with Crippen LogP contribution in [0.1, 0.15) is 6.42 Å². The first-order valence-corrected chi connectivity index (χ1v) is 7.84. The molecule has 0 aliphatic carbocycles. The van der Waals surface area contributed by atoms with Gasteiger partial charge in [-0.3, -0.25) is 9.56 Å². The van der Waals surface area contributed by atoms with Gasteiger partial charge >= 0.3 is 0 Å². The standard InChI is InChI=1S/C8H17Cl2N2O2P/c1-15(13,12-7-4-10)14-8-2-5-11-6-3-9/h5H,2-4,6-8H2,1H3,(H,12,13). The van der Waals surface area contributed by atoms with Crippen LogP contribution in [0.4, 0.5) is 0 Å². The van der Waals surface area contributed by atoms with Crippen LogP contribution in [-0.4, -0.2) is 44.3 Å². The minimum atomic E-state index is -2.69. The van der Waals surface area contributed by atoms with E-state index in [-0.39, 0.29) is 0 Å². The zero-order chi connectivity index (χ0) is 11.6.